The SMILES string of the molecule is Clc1ccc(CCc2nc(Br)c3ccncn23)cc1. The quantitative estimate of drug-likeness (QED) is 0.725. The number of fused-ring (bicyclic) bond motifs is 1. The molecule has 3 rings (SSSR count). The molecule has 0 saturated carbocycles. The van der Waals surface area contributed by atoms with Gasteiger partial charge in [-0.25, -0.2) is 9.97 Å². The van der Waals surface area contributed by atoms with E-state index in [0.717, 1.165) is 33.8 Å². The van der Waals surface area contributed by atoms with Gasteiger partial charge in [0.2, 0.25) is 0 Å². The van der Waals surface area contributed by atoms with Crippen molar-refractivity contribution < 1.29 is 0 Å². The van der Waals surface area contributed by atoms with Crippen LogP contribution >= 0.6 is 27.5 Å². The third kappa shape index (κ3) is 2.65. The second-order valence-corrected chi connectivity index (χ2v) is 5.47. The van der Waals surface area contributed by atoms with Crippen LogP contribution in [0.15, 0.2) is 47.5 Å². The topological polar surface area (TPSA) is 30.2 Å². The highest BCUT2D eigenvalue weighted by molar-refractivity contribution is 9.10. The van der Waals surface area contributed by atoms with Gasteiger partial charge in [-0.05, 0) is 46.1 Å². The van der Waals surface area contributed by atoms with Gasteiger partial charge >= 0.3 is 0 Å². The lowest BCUT2D eigenvalue weighted by atomic mass is 10.1. The summed E-state index contributed by atoms with van der Waals surface area (Å²) in [4.78, 5) is 8.67. The maximum atomic E-state index is 5.88. The van der Waals surface area contributed by atoms with Crippen LogP contribution in [0.4, 0.5) is 0 Å². The predicted molar refractivity (Wildman–Crippen MR) is 79.5 cm³/mol. The average molecular weight is 337 g/mol. The maximum absolute atomic E-state index is 5.88. The van der Waals surface area contributed by atoms with Crippen LogP contribution in [-0.2, 0) is 12.8 Å². The Morgan fingerprint density at radius 3 is 2.68 bits per heavy atom. The molecule has 0 aliphatic carbocycles. The normalized spacial score (nSPS) is 11.1. The van der Waals surface area contributed by atoms with E-state index in [9.17, 15) is 0 Å². The molecule has 0 aliphatic heterocycles. The van der Waals surface area contributed by atoms with Crippen molar-refractivity contribution in [3.63, 3.8) is 0 Å². The number of imidazole rings is 1. The third-order valence-electron chi connectivity index (χ3n) is 3.03. The average Bonchev–Trinajstić information content (AvgIpc) is 2.76. The minimum atomic E-state index is 0.766. The number of benzene rings is 1. The zero-order valence-corrected chi connectivity index (χ0v) is 12.4. The van der Waals surface area contributed by atoms with E-state index >= 15 is 0 Å². The molecule has 0 unspecified atom stereocenters. The van der Waals surface area contributed by atoms with Crippen LogP contribution in [0.3, 0.4) is 0 Å². The van der Waals surface area contributed by atoms with E-state index in [4.69, 9.17) is 11.6 Å². The molecule has 5 heteroatoms. The summed E-state index contributed by atoms with van der Waals surface area (Å²) in [5.41, 5.74) is 2.29. The van der Waals surface area contributed by atoms with E-state index in [0.29, 0.717) is 0 Å². The van der Waals surface area contributed by atoms with E-state index in [-0.39, 0.29) is 0 Å². The fourth-order valence-corrected chi connectivity index (χ4v) is 2.70. The molecular weight excluding hydrogens is 326 g/mol. The second kappa shape index (κ2) is 5.31. The number of halogens is 2. The zero-order valence-electron chi connectivity index (χ0n) is 10.1. The van der Waals surface area contributed by atoms with Gasteiger partial charge in [0.15, 0.2) is 0 Å². The molecule has 1 aromatic carbocycles. The van der Waals surface area contributed by atoms with E-state index in [1.165, 1.54) is 5.56 Å². The Hall–Kier alpha value is -1.39. The van der Waals surface area contributed by atoms with Crippen molar-refractivity contribution >= 4 is 33.0 Å². The van der Waals surface area contributed by atoms with Crippen LogP contribution in [-0.4, -0.2) is 14.4 Å². The summed E-state index contributed by atoms with van der Waals surface area (Å²) in [7, 11) is 0. The standard InChI is InChI=1S/C14H11BrClN3/c15-14-12-7-8-17-9-19(12)13(18-14)6-3-10-1-4-11(16)5-2-10/h1-2,4-5,7-9H,3,6H2. The second-order valence-electron chi connectivity index (χ2n) is 4.28. The molecule has 0 amide bonds. The minimum Gasteiger partial charge on any atom is -0.286 e. The summed E-state index contributed by atoms with van der Waals surface area (Å²) in [6.07, 6.45) is 5.35. The Morgan fingerprint density at radius 2 is 1.89 bits per heavy atom. The summed E-state index contributed by atoms with van der Waals surface area (Å²) in [5.74, 6) is 1.00. The van der Waals surface area contributed by atoms with Gasteiger partial charge in [-0.3, -0.25) is 4.40 Å². The van der Waals surface area contributed by atoms with Crippen LogP contribution in [0.2, 0.25) is 5.02 Å². The molecule has 96 valence electrons. The van der Waals surface area contributed by atoms with Gasteiger partial charge in [-0.1, -0.05) is 23.7 Å². The predicted octanol–water partition coefficient (Wildman–Crippen LogP) is 3.93. The molecule has 0 radical (unpaired) electrons. The van der Waals surface area contributed by atoms with Crippen molar-refractivity contribution in [3.8, 4) is 0 Å². The first-order valence-corrected chi connectivity index (χ1v) is 7.12. The Balaban J connectivity index is 1.84. The summed E-state index contributed by atoms with van der Waals surface area (Å²) < 4.78 is 2.88. The lowest BCUT2D eigenvalue weighted by molar-refractivity contribution is 0.843. The Bertz CT molecular complexity index is 706. The number of nitrogens with zero attached hydrogens (tertiary/aromatic N) is 3. The van der Waals surface area contributed by atoms with E-state index in [2.05, 4.69) is 25.9 Å². The molecule has 0 fully saturated rings. The van der Waals surface area contributed by atoms with Gasteiger partial charge in [0, 0.05) is 17.6 Å². The zero-order chi connectivity index (χ0) is 13.2. The lowest BCUT2D eigenvalue weighted by Crippen LogP contribution is -1.98. The molecular formula is C14H11BrClN3. The van der Waals surface area contributed by atoms with Crippen molar-refractivity contribution in [1.29, 1.82) is 0 Å². The molecule has 3 aromatic rings. The monoisotopic (exact) mass is 335 g/mol. The highest BCUT2D eigenvalue weighted by Crippen LogP contribution is 2.19. The summed E-state index contributed by atoms with van der Waals surface area (Å²) in [6, 6.07) is 9.87. The number of rotatable bonds is 3. The first kappa shape index (κ1) is 12.6. The summed E-state index contributed by atoms with van der Waals surface area (Å²) in [5, 5.41) is 0.766. The third-order valence-corrected chi connectivity index (χ3v) is 3.86. The van der Waals surface area contributed by atoms with Crippen molar-refractivity contribution in [1.82, 2.24) is 14.4 Å². The number of aryl methyl sites for hydroxylation is 2. The molecule has 0 atom stereocenters. The van der Waals surface area contributed by atoms with Gasteiger partial charge in [-0.15, -0.1) is 0 Å². The first-order chi connectivity index (χ1) is 9.24. The molecule has 2 aromatic heterocycles. The number of hydrogen-bond donors (Lipinski definition) is 0. The largest absolute Gasteiger partial charge is 0.286 e. The molecule has 0 aliphatic rings. The summed E-state index contributed by atoms with van der Waals surface area (Å²) in [6.45, 7) is 0. The van der Waals surface area contributed by atoms with Gasteiger partial charge < -0.3 is 0 Å². The van der Waals surface area contributed by atoms with Gasteiger partial charge in [0.25, 0.3) is 0 Å². The van der Waals surface area contributed by atoms with Crippen molar-refractivity contribution in [2.24, 2.45) is 0 Å². The molecule has 19 heavy (non-hydrogen) atoms. The van der Waals surface area contributed by atoms with Crippen molar-refractivity contribution in [2.75, 3.05) is 0 Å². The van der Waals surface area contributed by atoms with Crippen LogP contribution in [0.5, 0.6) is 0 Å². The molecule has 0 N–H and O–H groups in total. The van der Waals surface area contributed by atoms with Crippen LogP contribution < -0.4 is 0 Å². The number of hydrogen-bond acceptors (Lipinski definition) is 2. The van der Waals surface area contributed by atoms with Gasteiger partial charge in [-0.2, -0.15) is 0 Å². The Morgan fingerprint density at radius 1 is 1.11 bits per heavy atom. The minimum absolute atomic E-state index is 0.766. The highest BCUT2D eigenvalue weighted by Gasteiger charge is 2.08. The molecule has 0 bridgehead atoms. The van der Waals surface area contributed by atoms with Crippen LogP contribution in [0.25, 0.3) is 5.52 Å². The van der Waals surface area contributed by atoms with Crippen LogP contribution in [0, 0.1) is 0 Å². The number of aromatic nitrogens is 3. The van der Waals surface area contributed by atoms with E-state index in [1.54, 1.807) is 12.5 Å². The highest BCUT2D eigenvalue weighted by atomic mass is 79.9. The smallest absolute Gasteiger partial charge is 0.132 e. The van der Waals surface area contributed by atoms with E-state index in [1.807, 2.05) is 34.7 Å². The Labute approximate surface area is 124 Å². The van der Waals surface area contributed by atoms with Gasteiger partial charge in [0.05, 0.1) is 5.52 Å². The lowest BCUT2D eigenvalue weighted by Gasteiger charge is -2.01. The van der Waals surface area contributed by atoms with Crippen molar-refractivity contribution in [2.45, 2.75) is 12.8 Å². The van der Waals surface area contributed by atoms with E-state index < -0.39 is 0 Å². The molecule has 2 heterocycles. The fraction of sp³-hybridized carbons (Fsp3) is 0.143. The molecule has 0 saturated heterocycles. The molecule has 3 nitrogen and oxygen atoms in total. The summed E-state index contributed by atoms with van der Waals surface area (Å²) >= 11 is 9.36. The fourth-order valence-electron chi connectivity index (χ4n) is 2.04. The van der Waals surface area contributed by atoms with Crippen LogP contribution in [0.1, 0.15) is 11.4 Å². The van der Waals surface area contributed by atoms with Crippen molar-refractivity contribution in [3.05, 3.63) is 63.9 Å². The van der Waals surface area contributed by atoms with Gasteiger partial charge in [0.1, 0.15) is 16.8 Å². The maximum Gasteiger partial charge on any atom is 0.132 e. The molecule has 0 spiro atoms. The Kier molecular flexibility index (Phi) is 3.53. The first-order valence-electron chi connectivity index (χ1n) is 5.95.